The van der Waals surface area contributed by atoms with Crippen molar-refractivity contribution in [1.82, 2.24) is 14.8 Å². The van der Waals surface area contributed by atoms with E-state index in [-0.39, 0.29) is 23.8 Å². The Kier molecular flexibility index (Phi) is 6.99. The number of carbonyl (C=O) groups is 2. The minimum absolute atomic E-state index is 0.0537. The summed E-state index contributed by atoms with van der Waals surface area (Å²) in [5.41, 5.74) is 5.81. The first kappa shape index (κ1) is 26.4. The number of carbonyl (C=O) groups excluding carboxylic acids is 2. The first-order valence-electron chi connectivity index (χ1n) is 14.7. The van der Waals surface area contributed by atoms with E-state index < -0.39 is 6.04 Å². The van der Waals surface area contributed by atoms with Crippen molar-refractivity contribution in [3.05, 3.63) is 95.6 Å². The first-order chi connectivity index (χ1) is 19.3. The molecule has 206 valence electrons. The van der Waals surface area contributed by atoms with Crippen LogP contribution in [0.4, 0.5) is 0 Å². The van der Waals surface area contributed by atoms with Crippen molar-refractivity contribution in [3.8, 4) is 11.3 Å². The predicted molar refractivity (Wildman–Crippen MR) is 161 cm³/mol. The molecule has 6 rings (SSSR count). The fourth-order valence-corrected chi connectivity index (χ4v) is 7.07. The molecule has 0 spiro atoms. The molecule has 1 saturated heterocycles. The second-order valence-electron chi connectivity index (χ2n) is 12.4. The molecular formula is C35H39N3O2. The number of aromatic nitrogens is 1. The smallest absolute Gasteiger partial charge is 0.255 e. The summed E-state index contributed by atoms with van der Waals surface area (Å²) >= 11 is 0. The number of amides is 2. The van der Waals surface area contributed by atoms with Gasteiger partial charge in [0.1, 0.15) is 6.04 Å². The van der Waals surface area contributed by atoms with Crippen LogP contribution in [-0.4, -0.2) is 45.7 Å². The van der Waals surface area contributed by atoms with Gasteiger partial charge in [0, 0.05) is 35.1 Å². The van der Waals surface area contributed by atoms with Crippen molar-refractivity contribution in [3.63, 3.8) is 0 Å². The van der Waals surface area contributed by atoms with E-state index in [0.717, 1.165) is 52.8 Å². The molecule has 5 nitrogen and oxygen atoms in total. The molecule has 2 aliphatic rings. The van der Waals surface area contributed by atoms with Gasteiger partial charge < -0.3 is 14.8 Å². The van der Waals surface area contributed by atoms with E-state index in [2.05, 4.69) is 69.1 Å². The van der Waals surface area contributed by atoms with Crippen LogP contribution in [0.5, 0.6) is 0 Å². The fourth-order valence-electron chi connectivity index (χ4n) is 7.07. The number of H-pyrrole nitrogens is 1. The lowest BCUT2D eigenvalue weighted by Gasteiger charge is -2.41. The molecule has 4 unspecified atom stereocenters. The maximum absolute atomic E-state index is 14.5. The third-order valence-corrected chi connectivity index (χ3v) is 8.58. The first-order valence-corrected chi connectivity index (χ1v) is 14.7. The van der Waals surface area contributed by atoms with Crippen molar-refractivity contribution in [2.24, 2.45) is 17.8 Å². The van der Waals surface area contributed by atoms with Crippen molar-refractivity contribution < 1.29 is 9.59 Å². The molecule has 40 heavy (non-hydrogen) atoms. The maximum Gasteiger partial charge on any atom is 0.255 e. The van der Waals surface area contributed by atoms with E-state index in [4.69, 9.17) is 0 Å². The van der Waals surface area contributed by atoms with Gasteiger partial charge in [0.15, 0.2) is 0 Å². The van der Waals surface area contributed by atoms with Crippen LogP contribution in [0.3, 0.4) is 0 Å². The lowest BCUT2D eigenvalue weighted by Crippen LogP contribution is -2.54. The molecule has 1 fully saturated rings. The number of nitrogens with zero attached hydrogens (tertiary/aromatic N) is 2. The summed E-state index contributed by atoms with van der Waals surface area (Å²) < 4.78 is 0. The molecule has 0 saturated carbocycles. The van der Waals surface area contributed by atoms with Crippen LogP contribution >= 0.6 is 0 Å². The Balaban J connectivity index is 1.55. The summed E-state index contributed by atoms with van der Waals surface area (Å²) in [7, 11) is 0. The zero-order valence-corrected chi connectivity index (χ0v) is 23.9. The molecule has 2 aliphatic heterocycles. The highest BCUT2D eigenvalue weighted by Crippen LogP contribution is 2.47. The van der Waals surface area contributed by atoms with Gasteiger partial charge in [-0.3, -0.25) is 9.59 Å². The molecule has 2 amide bonds. The number of piperidine rings is 1. The predicted octanol–water partition coefficient (Wildman–Crippen LogP) is 7.30. The van der Waals surface area contributed by atoms with Crippen molar-refractivity contribution in [2.45, 2.75) is 52.6 Å². The number of benzene rings is 3. The Morgan fingerprint density at radius 1 is 0.900 bits per heavy atom. The van der Waals surface area contributed by atoms with Gasteiger partial charge in [-0.25, -0.2) is 0 Å². The average Bonchev–Trinajstić information content (AvgIpc) is 3.46. The molecule has 3 aromatic carbocycles. The summed E-state index contributed by atoms with van der Waals surface area (Å²) in [6.07, 6.45) is 1.75. The van der Waals surface area contributed by atoms with E-state index >= 15 is 0 Å². The summed E-state index contributed by atoms with van der Waals surface area (Å²) in [4.78, 5) is 36.5. The van der Waals surface area contributed by atoms with Crippen molar-refractivity contribution >= 4 is 22.7 Å². The molecule has 3 heterocycles. The number of rotatable bonds is 6. The molecule has 1 N–H and O–H groups in total. The third-order valence-electron chi connectivity index (χ3n) is 8.58. The minimum Gasteiger partial charge on any atom is -0.354 e. The molecule has 0 bridgehead atoms. The maximum atomic E-state index is 14.5. The zero-order chi connectivity index (χ0) is 28.0. The van der Waals surface area contributed by atoms with Crippen LogP contribution in [-0.2, 0) is 4.79 Å². The summed E-state index contributed by atoms with van der Waals surface area (Å²) in [5, 5.41) is 1.08. The van der Waals surface area contributed by atoms with Gasteiger partial charge in [0.2, 0.25) is 5.91 Å². The van der Waals surface area contributed by atoms with Crippen LogP contribution in [0, 0.1) is 17.8 Å². The van der Waals surface area contributed by atoms with Crippen molar-refractivity contribution in [1.29, 1.82) is 0 Å². The zero-order valence-electron chi connectivity index (χ0n) is 23.9. The molecular weight excluding hydrogens is 494 g/mol. The van der Waals surface area contributed by atoms with Crippen LogP contribution < -0.4 is 0 Å². The number of hydrogen-bond donors (Lipinski definition) is 1. The van der Waals surface area contributed by atoms with Gasteiger partial charge in [-0.2, -0.15) is 0 Å². The van der Waals surface area contributed by atoms with E-state index in [9.17, 15) is 9.59 Å². The molecule has 4 atom stereocenters. The summed E-state index contributed by atoms with van der Waals surface area (Å²) in [5.74, 6) is 1.18. The minimum atomic E-state index is -0.542. The Morgan fingerprint density at radius 3 is 2.27 bits per heavy atom. The Labute approximate surface area is 237 Å². The average molecular weight is 534 g/mol. The van der Waals surface area contributed by atoms with E-state index in [1.165, 1.54) is 0 Å². The van der Waals surface area contributed by atoms with Crippen LogP contribution in [0.2, 0.25) is 0 Å². The van der Waals surface area contributed by atoms with Gasteiger partial charge >= 0.3 is 0 Å². The number of nitrogens with one attached hydrogen (secondary N) is 1. The Hall–Kier alpha value is -3.86. The lowest BCUT2D eigenvalue weighted by atomic mass is 9.89. The quantitative estimate of drug-likeness (QED) is 0.283. The molecule has 0 aliphatic carbocycles. The lowest BCUT2D eigenvalue weighted by molar-refractivity contribution is -0.140. The Bertz CT molecular complexity index is 1530. The number of para-hydroxylation sites is 1. The number of fused-ring (bicyclic) bond motifs is 2. The monoisotopic (exact) mass is 533 g/mol. The van der Waals surface area contributed by atoms with Gasteiger partial charge in [0.25, 0.3) is 5.91 Å². The number of aromatic amines is 1. The number of hydrogen-bond acceptors (Lipinski definition) is 2. The SMILES string of the molecule is CC(C)CC(C(=O)N1CC(C)CC(C)C1)N1C(=O)c2ccccc2C1c1c(-c2ccccc2)[nH]c2ccccc12. The topological polar surface area (TPSA) is 56.4 Å². The standard InChI is InChI=1S/C35H39N3O2/c1-22(2)18-30(35(40)37-20-23(3)19-24(4)21-37)38-33(26-14-8-9-15-27(26)34(38)39)31-28-16-10-11-17-29(28)36-32(31)25-12-6-5-7-13-25/h5-17,22-24,30,33,36H,18-21H2,1-4H3. The van der Waals surface area contributed by atoms with Gasteiger partial charge in [-0.05, 0) is 53.9 Å². The third kappa shape index (κ3) is 4.61. The van der Waals surface area contributed by atoms with Gasteiger partial charge in [0.05, 0.1) is 11.7 Å². The highest BCUT2D eigenvalue weighted by Gasteiger charge is 2.47. The van der Waals surface area contributed by atoms with Gasteiger partial charge in [-0.15, -0.1) is 0 Å². The summed E-state index contributed by atoms with van der Waals surface area (Å²) in [6.45, 7) is 10.2. The van der Waals surface area contributed by atoms with E-state index in [1.54, 1.807) is 0 Å². The normalized spacial score (nSPS) is 21.7. The molecule has 0 radical (unpaired) electrons. The highest BCUT2D eigenvalue weighted by molar-refractivity contribution is 6.04. The van der Waals surface area contributed by atoms with Crippen LogP contribution in [0.1, 0.15) is 68.1 Å². The molecule has 4 aromatic rings. The van der Waals surface area contributed by atoms with Crippen LogP contribution in [0.25, 0.3) is 22.2 Å². The summed E-state index contributed by atoms with van der Waals surface area (Å²) in [6, 6.07) is 25.6. The second-order valence-corrected chi connectivity index (χ2v) is 12.4. The van der Waals surface area contributed by atoms with Crippen LogP contribution in [0.15, 0.2) is 78.9 Å². The van der Waals surface area contributed by atoms with E-state index in [1.807, 2.05) is 52.3 Å². The fraction of sp³-hybridized carbons (Fsp3) is 0.371. The van der Waals surface area contributed by atoms with Crippen molar-refractivity contribution in [2.75, 3.05) is 13.1 Å². The second kappa shape index (κ2) is 10.6. The van der Waals surface area contributed by atoms with E-state index in [0.29, 0.717) is 23.8 Å². The number of likely N-dealkylation sites (tertiary alicyclic amines) is 1. The van der Waals surface area contributed by atoms with Gasteiger partial charge in [-0.1, -0.05) is 94.4 Å². The molecule has 1 aromatic heterocycles. The Morgan fingerprint density at radius 2 is 1.55 bits per heavy atom. The highest BCUT2D eigenvalue weighted by atomic mass is 16.2. The largest absolute Gasteiger partial charge is 0.354 e. The molecule has 5 heteroatoms.